The highest BCUT2D eigenvalue weighted by Crippen LogP contribution is 2.21. The number of aryl methyl sites for hydroxylation is 2. The largest absolute Gasteiger partial charge is 1.00 e. The predicted octanol–water partition coefficient (Wildman–Crippen LogP) is 2.06. The van der Waals surface area contributed by atoms with E-state index in [2.05, 4.69) is 121 Å². The number of aromatic nitrogens is 2. The minimum absolute atomic E-state index is 0. The van der Waals surface area contributed by atoms with Crippen LogP contribution >= 0.6 is 0 Å². The van der Waals surface area contributed by atoms with Gasteiger partial charge >= 0.3 is 0 Å². The van der Waals surface area contributed by atoms with Crippen molar-refractivity contribution in [2.24, 2.45) is 14.1 Å². The smallest absolute Gasteiger partial charge is 0.214 e. The molecule has 4 rings (SSSR count). The van der Waals surface area contributed by atoms with E-state index in [-0.39, 0.29) is 53.4 Å². The van der Waals surface area contributed by atoms with E-state index in [0.717, 1.165) is 13.1 Å². The molecule has 2 aromatic carbocycles. The molecule has 5 nitrogen and oxygen atoms in total. The summed E-state index contributed by atoms with van der Waals surface area (Å²) in [6, 6.07) is 21.5. The standard InChI is InChI=1S/C28H34N4.C8H18.2HI.H2O/c1-31-21-17-25(23-13-7-9-15-27(23)31)29-19-11-5-3-4-6-12-20-30-26-18-22-32(2)28-16-10-8-14-24(26)28;1-3-5-7-8-6-4-2;;;/h7-10,13-18,21-22H,3-6,11-12,19-20H2,1-2H3;3-8H2,1-2H3;2*1H;1H2. The van der Waals surface area contributed by atoms with Crippen LogP contribution in [0.5, 0.6) is 0 Å². The monoisotopic (exact) mass is 814 g/mol. The van der Waals surface area contributed by atoms with Crippen molar-refractivity contribution in [3.63, 3.8) is 0 Å². The van der Waals surface area contributed by atoms with Crippen molar-refractivity contribution in [1.82, 2.24) is 0 Å². The molecular formula is C36H56I2N4O. The molecule has 43 heavy (non-hydrogen) atoms. The van der Waals surface area contributed by atoms with Crippen LogP contribution < -0.4 is 67.7 Å². The Morgan fingerprint density at radius 2 is 0.837 bits per heavy atom. The maximum atomic E-state index is 3.64. The minimum atomic E-state index is 0. The summed E-state index contributed by atoms with van der Waals surface area (Å²) < 4.78 is 4.35. The van der Waals surface area contributed by atoms with Gasteiger partial charge in [-0.2, -0.15) is 0 Å². The molecule has 0 aliphatic carbocycles. The third-order valence-electron chi connectivity index (χ3n) is 7.77. The van der Waals surface area contributed by atoms with Gasteiger partial charge in [-0.1, -0.05) is 102 Å². The van der Waals surface area contributed by atoms with Crippen molar-refractivity contribution < 1.29 is 62.6 Å². The van der Waals surface area contributed by atoms with Crippen LogP contribution in [0.3, 0.4) is 0 Å². The molecule has 2 aromatic heterocycles. The molecule has 7 heteroatoms. The van der Waals surface area contributed by atoms with Gasteiger partial charge in [-0.15, -0.1) is 0 Å². The molecular weight excluding hydrogens is 758 g/mol. The van der Waals surface area contributed by atoms with Gasteiger partial charge in [0, 0.05) is 37.4 Å². The average Bonchev–Trinajstić information content (AvgIpc) is 2.99. The number of rotatable bonds is 16. The second-order valence-corrected chi connectivity index (χ2v) is 11.1. The molecule has 240 valence electrons. The number of pyridine rings is 2. The molecule has 0 amide bonds. The lowest BCUT2D eigenvalue weighted by Crippen LogP contribution is -3.00. The molecule has 0 aliphatic rings. The van der Waals surface area contributed by atoms with E-state index in [1.807, 2.05) is 0 Å². The van der Waals surface area contributed by atoms with Crippen molar-refractivity contribution in [2.75, 3.05) is 23.7 Å². The van der Waals surface area contributed by atoms with Crippen molar-refractivity contribution >= 4 is 33.2 Å². The molecule has 0 saturated heterocycles. The Hall–Kier alpha value is -1.72. The Balaban J connectivity index is 0.00000142. The Morgan fingerprint density at radius 1 is 0.488 bits per heavy atom. The van der Waals surface area contributed by atoms with E-state index < -0.39 is 0 Å². The number of para-hydroxylation sites is 2. The van der Waals surface area contributed by atoms with Crippen molar-refractivity contribution in [3.8, 4) is 0 Å². The molecule has 4 aromatic rings. The van der Waals surface area contributed by atoms with Gasteiger partial charge in [0.1, 0.15) is 14.1 Å². The van der Waals surface area contributed by atoms with Crippen LogP contribution in [0.1, 0.15) is 90.9 Å². The number of hydrogen-bond donors (Lipinski definition) is 2. The maximum Gasteiger partial charge on any atom is 0.214 e. The van der Waals surface area contributed by atoms with Crippen molar-refractivity contribution in [3.05, 3.63) is 73.1 Å². The summed E-state index contributed by atoms with van der Waals surface area (Å²) in [7, 11) is 4.20. The van der Waals surface area contributed by atoms with Gasteiger partial charge in [0.15, 0.2) is 12.4 Å². The van der Waals surface area contributed by atoms with Crippen LogP contribution in [0.2, 0.25) is 0 Å². The zero-order valence-electron chi connectivity index (χ0n) is 27.0. The zero-order valence-corrected chi connectivity index (χ0v) is 31.3. The summed E-state index contributed by atoms with van der Waals surface area (Å²) in [4.78, 5) is 0. The topological polar surface area (TPSA) is 63.3 Å². The Labute approximate surface area is 295 Å². The third-order valence-corrected chi connectivity index (χ3v) is 7.77. The highest BCUT2D eigenvalue weighted by Gasteiger charge is 2.09. The third kappa shape index (κ3) is 14.3. The summed E-state index contributed by atoms with van der Waals surface area (Å²) in [6.45, 7) is 6.59. The summed E-state index contributed by atoms with van der Waals surface area (Å²) >= 11 is 0. The van der Waals surface area contributed by atoms with Crippen LogP contribution in [0.4, 0.5) is 11.4 Å². The number of anilines is 2. The fraction of sp³-hybridized carbons (Fsp3) is 0.500. The van der Waals surface area contributed by atoms with Crippen LogP contribution in [-0.4, -0.2) is 18.6 Å². The first-order valence-corrected chi connectivity index (χ1v) is 15.9. The van der Waals surface area contributed by atoms with E-state index in [1.54, 1.807) is 0 Å². The fourth-order valence-corrected chi connectivity index (χ4v) is 5.30. The van der Waals surface area contributed by atoms with Crippen LogP contribution in [0, 0.1) is 0 Å². The second-order valence-electron chi connectivity index (χ2n) is 11.1. The summed E-state index contributed by atoms with van der Waals surface area (Å²) in [6.07, 6.45) is 20.4. The van der Waals surface area contributed by atoms with Crippen LogP contribution in [0.15, 0.2) is 73.1 Å². The Kier molecular flexibility index (Phi) is 23.6. The molecule has 4 N–H and O–H groups in total. The predicted molar refractivity (Wildman–Crippen MR) is 178 cm³/mol. The summed E-state index contributed by atoms with van der Waals surface area (Å²) in [5.41, 5.74) is 5.02. The maximum absolute atomic E-state index is 3.64. The quantitative estimate of drug-likeness (QED) is 0.104. The van der Waals surface area contributed by atoms with Gasteiger partial charge in [0.05, 0.1) is 22.1 Å². The lowest BCUT2D eigenvalue weighted by atomic mass is 10.1. The SMILES string of the molecule is CCCCCCCC.C[n+]1ccc(NCCCCCCCCNc2cc[n+](C)c3ccccc23)c2ccccc21.O.[I-].[I-]. The van der Waals surface area contributed by atoms with E-state index >= 15 is 0 Å². The first-order valence-electron chi connectivity index (χ1n) is 15.9. The highest BCUT2D eigenvalue weighted by molar-refractivity contribution is 5.89. The van der Waals surface area contributed by atoms with Crippen molar-refractivity contribution in [1.29, 1.82) is 0 Å². The zero-order chi connectivity index (χ0) is 28.4. The molecule has 0 spiro atoms. The molecule has 2 heterocycles. The molecule has 0 aliphatic heterocycles. The van der Waals surface area contributed by atoms with Gasteiger partial charge in [0.25, 0.3) is 0 Å². The molecule has 0 unspecified atom stereocenters. The van der Waals surface area contributed by atoms with Gasteiger partial charge in [-0.05, 0) is 25.0 Å². The number of unbranched alkanes of at least 4 members (excludes halogenated alkanes) is 10. The Bertz CT molecular complexity index is 1190. The van der Waals surface area contributed by atoms with Gasteiger partial charge in [-0.3, -0.25) is 0 Å². The lowest BCUT2D eigenvalue weighted by Gasteiger charge is -2.09. The number of benzene rings is 2. The summed E-state index contributed by atoms with van der Waals surface area (Å²) in [5.74, 6) is 0. The summed E-state index contributed by atoms with van der Waals surface area (Å²) in [5, 5.41) is 9.87. The van der Waals surface area contributed by atoms with Gasteiger partial charge < -0.3 is 64.1 Å². The van der Waals surface area contributed by atoms with E-state index in [4.69, 9.17) is 0 Å². The van der Waals surface area contributed by atoms with Crippen molar-refractivity contribution in [2.45, 2.75) is 90.9 Å². The van der Waals surface area contributed by atoms with Gasteiger partial charge in [-0.25, -0.2) is 9.13 Å². The molecule has 0 radical (unpaired) electrons. The number of fused-ring (bicyclic) bond motifs is 2. The van der Waals surface area contributed by atoms with Crippen LogP contribution in [0.25, 0.3) is 21.8 Å². The normalized spacial score (nSPS) is 10.1. The minimum Gasteiger partial charge on any atom is -1.00 e. The molecule has 0 fully saturated rings. The molecule has 0 atom stereocenters. The lowest BCUT2D eigenvalue weighted by molar-refractivity contribution is -0.644. The van der Waals surface area contributed by atoms with Crippen LogP contribution in [-0.2, 0) is 14.1 Å². The molecule has 0 saturated carbocycles. The average molecular weight is 815 g/mol. The van der Waals surface area contributed by atoms with Gasteiger partial charge in [0.2, 0.25) is 11.0 Å². The fourth-order valence-electron chi connectivity index (χ4n) is 5.30. The first-order chi connectivity index (χ1) is 19.7. The number of hydrogen-bond acceptors (Lipinski definition) is 2. The number of nitrogens with zero attached hydrogens (tertiary/aromatic N) is 2. The number of halogens is 2. The van der Waals surface area contributed by atoms with E-state index in [1.165, 1.54) is 110 Å². The van der Waals surface area contributed by atoms with E-state index in [9.17, 15) is 0 Å². The molecule has 0 bridgehead atoms. The first kappa shape index (κ1) is 41.3. The highest BCUT2D eigenvalue weighted by atomic mass is 127. The number of nitrogens with one attached hydrogen (secondary N) is 2. The van der Waals surface area contributed by atoms with E-state index in [0.29, 0.717) is 0 Å². The Morgan fingerprint density at radius 3 is 1.23 bits per heavy atom. The second kappa shape index (κ2) is 24.6.